The quantitative estimate of drug-likeness (QED) is 0.806. The zero-order valence-corrected chi connectivity index (χ0v) is 13.4. The number of halogens is 1. The number of carbonyl (C=O) groups is 1. The first-order valence-electron chi connectivity index (χ1n) is 7.30. The van der Waals surface area contributed by atoms with Gasteiger partial charge >= 0.3 is 0 Å². The molecule has 0 aliphatic heterocycles. The molecule has 1 N–H and O–H groups in total. The number of nitrogens with one attached hydrogen (secondary N) is 1. The number of hydrazone groups is 1. The summed E-state index contributed by atoms with van der Waals surface area (Å²) in [6.45, 7) is 2.24. The number of amides is 1. The lowest BCUT2D eigenvalue weighted by Gasteiger charge is -2.22. The lowest BCUT2D eigenvalue weighted by molar-refractivity contribution is 0.0954. The van der Waals surface area contributed by atoms with Crippen LogP contribution in [-0.2, 0) is 0 Å². The first kappa shape index (κ1) is 15.2. The van der Waals surface area contributed by atoms with Gasteiger partial charge in [-0.05, 0) is 49.8 Å². The van der Waals surface area contributed by atoms with Gasteiger partial charge in [-0.3, -0.25) is 4.79 Å². The maximum Gasteiger partial charge on any atom is 0.271 e. The molecular formula is C16H21BrN2O. The van der Waals surface area contributed by atoms with Crippen molar-refractivity contribution in [3.8, 4) is 0 Å². The van der Waals surface area contributed by atoms with E-state index in [4.69, 9.17) is 0 Å². The molecule has 0 aromatic heterocycles. The third-order valence-corrected chi connectivity index (χ3v) is 4.27. The fraction of sp³-hybridized carbons (Fsp3) is 0.500. The minimum Gasteiger partial charge on any atom is -0.267 e. The van der Waals surface area contributed by atoms with Crippen molar-refractivity contribution in [2.24, 2.45) is 11.0 Å². The Balaban J connectivity index is 1.86. The smallest absolute Gasteiger partial charge is 0.267 e. The van der Waals surface area contributed by atoms with Crippen LogP contribution in [0, 0.1) is 5.92 Å². The third-order valence-electron chi connectivity index (χ3n) is 3.78. The molecule has 0 atom stereocenters. The Bertz CT molecular complexity index is 489. The zero-order valence-electron chi connectivity index (χ0n) is 11.9. The minimum absolute atomic E-state index is 0.144. The van der Waals surface area contributed by atoms with E-state index in [1.54, 1.807) is 12.1 Å². The van der Waals surface area contributed by atoms with Crippen molar-refractivity contribution in [1.82, 2.24) is 5.43 Å². The van der Waals surface area contributed by atoms with Crippen LogP contribution in [0.4, 0.5) is 0 Å². The SMILES string of the molecule is CCCC1CCC(=NNC(=O)c2cccc(Br)c2)CC1. The maximum absolute atomic E-state index is 12.0. The summed E-state index contributed by atoms with van der Waals surface area (Å²) in [6, 6.07) is 7.34. The van der Waals surface area contributed by atoms with Gasteiger partial charge in [0.15, 0.2) is 0 Å². The number of carbonyl (C=O) groups excluding carboxylic acids is 1. The topological polar surface area (TPSA) is 41.5 Å². The molecule has 20 heavy (non-hydrogen) atoms. The van der Waals surface area contributed by atoms with Crippen molar-refractivity contribution in [3.05, 3.63) is 34.3 Å². The van der Waals surface area contributed by atoms with Gasteiger partial charge < -0.3 is 0 Å². The molecule has 1 aromatic rings. The van der Waals surface area contributed by atoms with E-state index in [0.717, 1.165) is 28.9 Å². The number of nitrogens with zero attached hydrogens (tertiary/aromatic N) is 1. The summed E-state index contributed by atoms with van der Waals surface area (Å²) in [4.78, 5) is 12.0. The van der Waals surface area contributed by atoms with Crippen LogP contribution in [-0.4, -0.2) is 11.6 Å². The molecule has 1 fully saturated rings. The molecule has 0 radical (unpaired) electrons. The lowest BCUT2D eigenvalue weighted by Crippen LogP contribution is -2.22. The van der Waals surface area contributed by atoms with Crippen LogP contribution in [0.1, 0.15) is 55.8 Å². The van der Waals surface area contributed by atoms with Gasteiger partial charge in [-0.1, -0.05) is 41.8 Å². The van der Waals surface area contributed by atoms with E-state index in [-0.39, 0.29) is 5.91 Å². The van der Waals surface area contributed by atoms with Gasteiger partial charge in [0.25, 0.3) is 5.91 Å². The van der Waals surface area contributed by atoms with Crippen LogP contribution in [0.15, 0.2) is 33.8 Å². The Morgan fingerprint density at radius 1 is 1.40 bits per heavy atom. The summed E-state index contributed by atoms with van der Waals surface area (Å²) >= 11 is 3.36. The number of hydrogen-bond donors (Lipinski definition) is 1. The molecular weight excluding hydrogens is 316 g/mol. The molecule has 0 unspecified atom stereocenters. The Labute approximate surface area is 129 Å². The Morgan fingerprint density at radius 2 is 2.15 bits per heavy atom. The average Bonchev–Trinajstić information content (AvgIpc) is 2.46. The Kier molecular flexibility index (Phi) is 5.77. The second-order valence-corrected chi connectivity index (χ2v) is 6.28. The van der Waals surface area contributed by atoms with E-state index in [1.807, 2.05) is 12.1 Å². The highest BCUT2D eigenvalue weighted by Gasteiger charge is 2.17. The summed E-state index contributed by atoms with van der Waals surface area (Å²) in [5.41, 5.74) is 4.42. The van der Waals surface area contributed by atoms with E-state index < -0.39 is 0 Å². The molecule has 1 aliphatic carbocycles. The fourth-order valence-electron chi connectivity index (χ4n) is 2.64. The molecule has 4 heteroatoms. The van der Waals surface area contributed by atoms with Crippen molar-refractivity contribution < 1.29 is 4.79 Å². The second kappa shape index (κ2) is 7.58. The summed E-state index contributed by atoms with van der Waals surface area (Å²) in [7, 11) is 0. The Hall–Kier alpha value is -1.16. The molecule has 0 saturated heterocycles. The van der Waals surface area contributed by atoms with Crippen LogP contribution in [0.5, 0.6) is 0 Å². The summed E-state index contributed by atoms with van der Waals surface area (Å²) in [6.07, 6.45) is 7.03. The normalized spacial score (nSPS) is 18.7. The largest absolute Gasteiger partial charge is 0.271 e. The number of rotatable bonds is 4. The molecule has 0 spiro atoms. The molecule has 108 valence electrons. The zero-order chi connectivity index (χ0) is 14.4. The summed E-state index contributed by atoms with van der Waals surface area (Å²) in [5.74, 6) is 0.703. The molecule has 1 amide bonds. The van der Waals surface area contributed by atoms with E-state index in [2.05, 4.69) is 33.4 Å². The van der Waals surface area contributed by atoms with Gasteiger partial charge in [-0.15, -0.1) is 0 Å². The van der Waals surface area contributed by atoms with E-state index in [0.29, 0.717) is 5.56 Å². The van der Waals surface area contributed by atoms with Gasteiger partial charge in [0.1, 0.15) is 0 Å². The van der Waals surface area contributed by atoms with E-state index in [1.165, 1.54) is 25.7 Å². The number of hydrogen-bond acceptors (Lipinski definition) is 2. The van der Waals surface area contributed by atoms with Gasteiger partial charge in [-0.2, -0.15) is 5.10 Å². The van der Waals surface area contributed by atoms with Gasteiger partial charge in [0, 0.05) is 15.7 Å². The molecule has 2 rings (SSSR count). The predicted octanol–water partition coefficient (Wildman–Crippen LogP) is 4.53. The molecule has 1 aromatic carbocycles. The van der Waals surface area contributed by atoms with Crippen LogP contribution in [0.3, 0.4) is 0 Å². The van der Waals surface area contributed by atoms with E-state index >= 15 is 0 Å². The van der Waals surface area contributed by atoms with Crippen LogP contribution in [0.2, 0.25) is 0 Å². The number of benzene rings is 1. The third kappa shape index (κ3) is 4.44. The summed E-state index contributed by atoms with van der Waals surface area (Å²) in [5, 5.41) is 4.29. The molecule has 0 bridgehead atoms. The first-order valence-corrected chi connectivity index (χ1v) is 8.09. The van der Waals surface area contributed by atoms with E-state index in [9.17, 15) is 4.79 Å². The van der Waals surface area contributed by atoms with Crippen LogP contribution < -0.4 is 5.43 Å². The van der Waals surface area contributed by atoms with Gasteiger partial charge in [0.2, 0.25) is 0 Å². The van der Waals surface area contributed by atoms with Crippen molar-refractivity contribution in [3.63, 3.8) is 0 Å². The van der Waals surface area contributed by atoms with Crippen molar-refractivity contribution in [2.75, 3.05) is 0 Å². The van der Waals surface area contributed by atoms with Crippen molar-refractivity contribution in [1.29, 1.82) is 0 Å². The predicted molar refractivity (Wildman–Crippen MR) is 85.9 cm³/mol. The molecule has 1 aliphatic rings. The van der Waals surface area contributed by atoms with Crippen molar-refractivity contribution >= 4 is 27.5 Å². The molecule has 0 heterocycles. The monoisotopic (exact) mass is 336 g/mol. The van der Waals surface area contributed by atoms with Gasteiger partial charge in [-0.25, -0.2) is 5.43 Å². The molecule has 1 saturated carbocycles. The van der Waals surface area contributed by atoms with Gasteiger partial charge in [0.05, 0.1) is 0 Å². The standard InChI is InChI=1S/C16H21BrN2O/c1-2-4-12-7-9-15(10-8-12)18-19-16(20)13-5-3-6-14(17)11-13/h3,5-6,11-12H,2,4,7-10H2,1H3,(H,19,20). The van der Waals surface area contributed by atoms with Crippen LogP contribution in [0.25, 0.3) is 0 Å². The Morgan fingerprint density at radius 3 is 2.80 bits per heavy atom. The first-order chi connectivity index (χ1) is 9.69. The lowest BCUT2D eigenvalue weighted by atomic mass is 9.85. The summed E-state index contributed by atoms with van der Waals surface area (Å²) < 4.78 is 0.901. The van der Waals surface area contributed by atoms with Crippen LogP contribution >= 0.6 is 15.9 Å². The maximum atomic E-state index is 12.0. The highest BCUT2D eigenvalue weighted by atomic mass is 79.9. The highest BCUT2D eigenvalue weighted by Crippen LogP contribution is 2.25. The fourth-order valence-corrected chi connectivity index (χ4v) is 3.04. The average molecular weight is 337 g/mol. The minimum atomic E-state index is -0.144. The highest BCUT2D eigenvalue weighted by molar-refractivity contribution is 9.10. The van der Waals surface area contributed by atoms with Crippen molar-refractivity contribution in [2.45, 2.75) is 45.4 Å². The second-order valence-electron chi connectivity index (χ2n) is 5.36. The molecule has 3 nitrogen and oxygen atoms in total.